The number of rotatable bonds is 10. The summed E-state index contributed by atoms with van der Waals surface area (Å²) in [5.41, 5.74) is 2.40. The highest BCUT2D eigenvalue weighted by Gasteiger charge is 2.13. The molecule has 0 heterocycles. The molecule has 0 saturated carbocycles. The Morgan fingerprint density at radius 1 is 0.750 bits per heavy atom. The van der Waals surface area contributed by atoms with Crippen molar-refractivity contribution in [2.75, 3.05) is 25.6 Å². The van der Waals surface area contributed by atoms with E-state index in [1.807, 2.05) is 54.6 Å². The number of anilines is 1. The topological polar surface area (TPSA) is 85.9 Å². The van der Waals surface area contributed by atoms with Crippen LogP contribution in [0.1, 0.15) is 11.1 Å². The van der Waals surface area contributed by atoms with Gasteiger partial charge in [0.05, 0.1) is 6.61 Å². The predicted octanol–water partition coefficient (Wildman–Crippen LogP) is 3.55. The van der Waals surface area contributed by atoms with Crippen LogP contribution in [0.25, 0.3) is 0 Å². The number of carbonyl (C=O) groups is 2. The Morgan fingerprint density at radius 3 is 2.25 bits per heavy atom. The molecule has 0 unspecified atom stereocenters. The normalized spacial score (nSPS) is 10.3. The second-order valence-electron chi connectivity index (χ2n) is 6.92. The van der Waals surface area contributed by atoms with E-state index >= 15 is 0 Å². The van der Waals surface area contributed by atoms with E-state index in [9.17, 15) is 9.59 Å². The third-order valence-electron chi connectivity index (χ3n) is 4.47. The molecule has 166 valence electrons. The van der Waals surface area contributed by atoms with Crippen molar-refractivity contribution in [1.82, 2.24) is 5.32 Å². The van der Waals surface area contributed by atoms with E-state index in [2.05, 4.69) is 10.6 Å². The van der Waals surface area contributed by atoms with Crippen LogP contribution in [0, 0.1) is 0 Å². The molecule has 32 heavy (non-hydrogen) atoms. The first-order chi connectivity index (χ1) is 15.6. The van der Waals surface area contributed by atoms with Crippen molar-refractivity contribution in [2.45, 2.75) is 13.2 Å². The Hall–Kier alpha value is -3.84. The summed E-state index contributed by atoms with van der Waals surface area (Å²) in [6.45, 7) is 1.58. The number of methoxy groups -OCH3 is 1. The molecule has 0 aliphatic heterocycles. The van der Waals surface area contributed by atoms with Crippen LogP contribution < -0.4 is 20.1 Å². The molecule has 0 aromatic heterocycles. The van der Waals surface area contributed by atoms with Crippen molar-refractivity contribution in [3.63, 3.8) is 0 Å². The van der Waals surface area contributed by atoms with Crippen LogP contribution in [0.5, 0.6) is 11.5 Å². The molecule has 7 heteroatoms. The molecule has 0 atom stereocenters. The molecular weight excluding hydrogens is 408 g/mol. The maximum atomic E-state index is 12.2. The molecule has 0 bridgehead atoms. The van der Waals surface area contributed by atoms with Crippen molar-refractivity contribution in [3.05, 3.63) is 90.0 Å². The number of amides is 2. The van der Waals surface area contributed by atoms with Gasteiger partial charge < -0.3 is 24.8 Å². The Morgan fingerprint density at radius 2 is 1.50 bits per heavy atom. The van der Waals surface area contributed by atoms with Crippen molar-refractivity contribution in [2.24, 2.45) is 0 Å². The summed E-state index contributed by atoms with van der Waals surface area (Å²) in [5, 5.41) is 5.19. The van der Waals surface area contributed by atoms with Crippen LogP contribution in [0.15, 0.2) is 78.9 Å². The minimum Gasteiger partial charge on any atom is -0.491 e. The number of ether oxygens (including phenoxy) is 3. The SMILES string of the molecule is COCCOc1ccc(NC(=O)C(=O)NCc2cccc(OCc3ccccc3)c2)cc1. The second kappa shape index (κ2) is 12.1. The summed E-state index contributed by atoms with van der Waals surface area (Å²) in [7, 11) is 1.60. The smallest absolute Gasteiger partial charge is 0.313 e. The molecule has 2 amide bonds. The van der Waals surface area contributed by atoms with Crippen molar-refractivity contribution >= 4 is 17.5 Å². The van der Waals surface area contributed by atoms with E-state index in [1.54, 1.807) is 31.4 Å². The number of carbonyl (C=O) groups excluding carboxylic acids is 2. The predicted molar refractivity (Wildman–Crippen MR) is 122 cm³/mol. The number of hydrogen-bond acceptors (Lipinski definition) is 5. The molecule has 3 rings (SSSR count). The fourth-order valence-electron chi connectivity index (χ4n) is 2.81. The second-order valence-corrected chi connectivity index (χ2v) is 6.92. The Kier molecular flexibility index (Phi) is 8.65. The highest BCUT2D eigenvalue weighted by atomic mass is 16.5. The van der Waals surface area contributed by atoms with Gasteiger partial charge in [-0.15, -0.1) is 0 Å². The zero-order chi connectivity index (χ0) is 22.6. The molecule has 0 saturated heterocycles. The fraction of sp³-hybridized carbons (Fsp3) is 0.200. The lowest BCUT2D eigenvalue weighted by molar-refractivity contribution is -0.136. The van der Waals surface area contributed by atoms with Crippen molar-refractivity contribution in [3.8, 4) is 11.5 Å². The van der Waals surface area contributed by atoms with E-state index in [4.69, 9.17) is 14.2 Å². The van der Waals surface area contributed by atoms with Gasteiger partial charge in [0.15, 0.2) is 0 Å². The summed E-state index contributed by atoms with van der Waals surface area (Å²) < 4.78 is 16.2. The lowest BCUT2D eigenvalue weighted by atomic mass is 10.2. The summed E-state index contributed by atoms with van der Waals surface area (Å²) in [6, 6.07) is 24.0. The third-order valence-corrected chi connectivity index (χ3v) is 4.47. The first kappa shape index (κ1) is 22.8. The summed E-state index contributed by atoms with van der Waals surface area (Å²) in [4.78, 5) is 24.3. The third kappa shape index (κ3) is 7.45. The molecule has 2 N–H and O–H groups in total. The fourth-order valence-corrected chi connectivity index (χ4v) is 2.81. The molecule has 3 aromatic carbocycles. The maximum absolute atomic E-state index is 12.2. The van der Waals surface area contributed by atoms with Gasteiger partial charge in [0.1, 0.15) is 24.7 Å². The van der Waals surface area contributed by atoms with Crippen LogP contribution in [-0.4, -0.2) is 32.1 Å². The minimum absolute atomic E-state index is 0.209. The van der Waals surface area contributed by atoms with Gasteiger partial charge in [-0.25, -0.2) is 0 Å². The van der Waals surface area contributed by atoms with Gasteiger partial charge in [-0.05, 0) is 47.5 Å². The highest BCUT2D eigenvalue weighted by Crippen LogP contribution is 2.16. The van der Waals surface area contributed by atoms with Crippen LogP contribution in [0.4, 0.5) is 5.69 Å². The van der Waals surface area contributed by atoms with Crippen molar-refractivity contribution in [1.29, 1.82) is 0 Å². The molecule has 0 fully saturated rings. The Labute approximate surface area is 187 Å². The Balaban J connectivity index is 1.45. The maximum Gasteiger partial charge on any atom is 0.313 e. The van der Waals surface area contributed by atoms with Gasteiger partial charge in [0.2, 0.25) is 0 Å². The van der Waals surface area contributed by atoms with Gasteiger partial charge in [-0.3, -0.25) is 9.59 Å². The van der Waals surface area contributed by atoms with Gasteiger partial charge >= 0.3 is 11.8 Å². The van der Waals surface area contributed by atoms with E-state index in [-0.39, 0.29) is 6.54 Å². The minimum atomic E-state index is -0.741. The monoisotopic (exact) mass is 434 g/mol. The zero-order valence-electron chi connectivity index (χ0n) is 17.9. The van der Waals surface area contributed by atoms with Crippen LogP contribution in [0.2, 0.25) is 0 Å². The van der Waals surface area contributed by atoms with E-state index in [0.717, 1.165) is 11.1 Å². The number of benzene rings is 3. The number of nitrogens with one attached hydrogen (secondary N) is 2. The van der Waals surface area contributed by atoms with Gasteiger partial charge in [-0.2, -0.15) is 0 Å². The van der Waals surface area contributed by atoms with E-state index < -0.39 is 11.8 Å². The molecule has 0 spiro atoms. The van der Waals surface area contributed by atoms with Gasteiger partial charge in [0, 0.05) is 19.3 Å². The van der Waals surface area contributed by atoms with E-state index in [1.165, 1.54) is 0 Å². The lowest BCUT2D eigenvalue weighted by Crippen LogP contribution is -2.34. The molecule has 3 aromatic rings. The first-order valence-electron chi connectivity index (χ1n) is 10.2. The standard InChI is InChI=1S/C25H26N2O5/c1-30-14-15-31-22-12-10-21(11-13-22)27-25(29)24(28)26-17-20-8-5-9-23(16-20)32-18-19-6-3-2-4-7-19/h2-13,16H,14-15,17-18H2,1H3,(H,26,28)(H,27,29). The lowest BCUT2D eigenvalue weighted by Gasteiger charge is -2.10. The van der Waals surface area contributed by atoms with Gasteiger partial charge in [-0.1, -0.05) is 42.5 Å². The Bertz CT molecular complexity index is 1010. The average Bonchev–Trinajstić information content (AvgIpc) is 2.83. The summed E-state index contributed by atoms with van der Waals surface area (Å²) in [6.07, 6.45) is 0. The highest BCUT2D eigenvalue weighted by molar-refractivity contribution is 6.39. The van der Waals surface area contributed by atoms with Crippen LogP contribution >= 0.6 is 0 Å². The molecule has 7 nitrogen and oxygen atoms in total. The first-order valence-corrected chi connectivity index (χ1v) is 10.2. The summed E-state index contributed by atoms with van der Waals surface area (Å²) >= 11 is 0. The largest absolute Gasteiger partial charge is 0.491 e. The number of hydrogen-bond donors (Lipinski definition) is 2. The van der Waals surface area contributed by atoms with Crippen LogP contribution in [0.3, 0.4) is 0 Å². The quantitative estimate of drug-likeness (QED) is 0.377. The zero-order valence-corrected chi connectivity index (χ0v) is 17.9. The molecule has 0 aliphatic rings. The molecular formula is C25H26N2O5. The molecule has 0 aliphatic carbocycles. The summed E-state index contributed by atoms with van der Waals surface area (Å²) in [5.74, 6) is -0.118. The average molecular weight is 434 g/mol. The van der Waals surface area contributed by atoms with Gasteiger partial charge in [0.25, 0.3) is 0 Å². The van der Waals surface area contributed by atoms with Crippen LogP contribution in [-0.2, 0) is 27.5 Å². The molecule has 0 radical (unpaired) electrons. The van der Waals surface area contributed by atoms with E-state index in [0.29, 0.717) is 37.0 Å². The van der Waals surface area contributed by atoms with Crippen molar-refractivity contribution < 1.29 is 23.8 Å².